The lowest BCUT2D eigenvalue weighted by atomic mass is 10.3. The Labute approximate surface area is 125 Å². The minimum atomic E-state index is -0.161. The van der Waals surface area contributed by atoms with Gasteiger partial charge in [0.15, 0.2) is 0 Å². The van der Waals surface area contributed by atoms with Crippen molar-refractivity contribution in [3.05, 3.63) is 35.6 Å². The van der Waals surface area contributed by atoms with Gasteiger partial charge in [-0.05, 0) is 6.42 Å². The Morgan fingerprint density at radius 3 is 3.05 bits per heavy atom. The maximum atomic E-state index is 12.1. The standard InChI is InChI=1S/C13H12ClN5O2/c1-21-11-2-3-15-12(19-11)7-4-8(7)13(20)18-10-5-9(14)16-6-17-10/h2-3,5-8H,4H2,1H3,(H,16,17,18,20)/t7-,8-/m1/s1. The van der Waals surface area contributed by atoms with E-state index in [1.54, 1.807) is 19.4 Å². The van der Waals surface area contributed by atoms with Crippen molar-refractivity contribution < 1.29 is 9.53 Å². The summed E-state index contributed by atoms with van der Waals surface area (Å²) in [6, 6.07) is 3.17. The molecule has 1 aliphatic rings. The highest BCUT2D eigenvalue weighted by Crippen LogP contribution is 2.46. The molecule has 8 heteroatoms. The van der Waals surface area contributed by atoms with Gasteiger partial charge in [0.1, 0.15) is 23.1 Å². The summed E-state index contributed by atoms with van der Waals surface area (Å²) in [6.07, 6.45) is 3.63. The fourth-order valence-corrected chi connectivity index (χ4v) is 2.19. The number of hydrogen-bond acceptors (Lipinski definition) is 6. The van der Waals surface area contributed by atoms with Crippen LogP contribution in [0.15, 0.2) is 24.7 Å². The van der Waals surface area contributed by atoms with Gasteiger partial charge >= 0.3 is 0 Å². The minimum Gasteiger partial charge on any atom is -0.481 e. The molecule has 0 saturated heterocycles. The first kappa shape index (κ1) is 13.7. The molecule has 108 valence electrons. The zero-order chi connectivity index (χ0) is 14.8. The van der Waals surface area contributed by atoms with Gasteiger partial charge in [-0.1, -0.05) is 11.6 Å². The molecule has 1 saturated carbocycles. The number of amides is 1. The van der Waals surface area contributed by atoms with Crippen LogP contribution in [0.25, 0.3) is 0 Å². The summed E-state index contributed by atoms with van der Waals surface area (Å²) in [6.45, 7) is 0. The van der Waals surface area contributed by atoms with Crippen LogP contribution in [0.1, 0.15) is 18.2 Å². The highest BCUT2D eigenvalue weighted by molar-refractivity contribution is 6.29. The predicted octanol–water partition coefficient (Wildman–Crippen LogP) is 1.67. The Morgan fingerprint density at radius 2 is 2.29 bits per heavy atom. The Balaban J connectivity index is 1.65. The van der Waals surface area contributed by atoms with Gasteiger partial charge in [-0.3, -0.25) is 4.79 Å². The number of hydrogen-bond donors (Lipinski definition) is 1. The van der Waals surface area contributed by atoms with Crippen molar-refractivity contribution in [2.45, 2.75) is 12.3 Å². The van der Waals surface area contributed by atoms with Gasteiger partial charge in [-0.2, -0.15) is 4.98 Å². The number of methoxy groups -OCH3 is 1. The van der Waals surface area contributed by atoms with Gasteiger partial charge in [0.25, 0.3) is 0 Å². The molecule has 2 heterocycles. The van der Waals surface area contributed by atoms with E-state index in [0.717, 1.165) is 0 Å². The van der Waals surface area contributed by atoms with Crippen LogP contribution in [0.3, 0.4) is 0 Å². The zero-order valence-corrected chi connectivity index (χ0v) is 11.9. The van der Waals surface area contributed by atoms with Gasteiger partial charge < -0.3 is 10.1 Å². The second-order valence-corrected chi connectivity index (χ2v) is 5.01. The summed E-state index contributed by atoms with van der Waals surface area (Å²) in [4.78, 5) is 28.2. The lowest BCUT2D eigenvalue weighted by molar-refractivity contribution is -0.117. The monoisotopic (exact) mass is 305 g/mol. The molecule has 21 heavy (non-hydrogen) atoms. The number of nitrogens with one attached hydrogen (secondary N) is 1. The van der Waals surface area contributed by atoms with Crippen molar-refractivity contribution in [3.8, 4) is 5.88 Å². The summed E-state index contributed by atoms with van der Waals surface area (Å²) >= 11 is 5.75. The normalized spacial score (nSPS) is 19.9. The first-order chi connectivity index (χ1) is 10.2. The number of ether oxygens (including phenoxy) is 1. The molecule has 0 aliphatic heterocycles. The van der Waals surface area contributed by atoms with E-state index in [4.69, 9.17) is 16.3 Å². The molecule has 7 nitrogen and oxygen atoms in total. The fraction of sp³-hybridized carbons (Fsp3) is 0.308. The molecule has 2 aromatic rings. The highest BCUT2D eigenvalue weighted by atomic mass is 35.5. The molecule has 0 bridgehead atoms. The molecule has 0 radical (unpaired) electrons. The van der Waals surface area contributed by atoms with Crippen molar-refractivity contribution in [3.63, 3.8) is 0 Å². The zero-order valence-electron chi connectivity index (χ0n) is 11.2. The summed E-state index contributed by atoms with van der Waals surface area (Å²) in [5, 5.41) is 2.99. The molecule has 1 N–H and O–H groups in total. The van der Waals surface area contributed by atoms with E-state index < -0.39 is 0 Å². The lowest BCUT2D eigenvalue weighted by Gasteiger charge is -2.04. The Bertz CT molecular complexity index is 681. The van der Waals surface area contributed by atoms with Crippen molar-refractivity contribution in [1.82, 2.24) is 19.9 Å². The summed E-state index contributed by atoms with van der Waals surface area (Å²) in [5.41, 5.74) is 0. The molecule has 1 fully saturated rings. The summed E-state index contributed by atoms with van der Waals surface area (Å²) in [5.74, 6) is 1.23. The Kier molecular flexibility index (Phi) is 3.66. The maximum absolute atomic E-state index is 12.1. The molecule has 0 unspecified atom stereocenters. The number of nitrogens with zero attached hydrogens (tertiary/aromatic N) is 4. The smallest absolute Gasteiger partial charge is 0.229 e. The molecule has 3 rings (SSSR count). The van der Waals surface area contributed by atoms with E-state index in [9.17, 15) is 4.79 Å². The van der Waals surface area contributed by atoms with E-state index in [1.165, 1.54) is 12.4 Å². The van der Waals surface area contributed by atoms with E-state index in [-0.39, 0.29) is 22.9 Å². The topological polar surface area (TPSA) is 89.9 Å². The number of anilines is 1. The second-order valence-electron chi connectivity index (χ2n) is 4.62. The van der Waals surface area contributed by atoms with E-state index >= 15 is 0 Å². The largest absolute Gasteiger partial charge is 0.481 e. The van der Waals surface area contributed by atoms with Crippen molar-refractivity contribution >= 4 is 23.3 Å². The molecular weight excluding hydrogens is 294 g/mol. The van der Waals surface area contributed by atoms with Crippen LogP contribution < -0.4 is 10.1 Å². The number of halogens is 1. The second kappa shape index (κ2) is 5.61. The number of rotatable bonds is 4. The molecular formula is C13H12ClN5O2. The Hall–Kier alpha value is -2.28. The van der Waals surface area contributed by atoms with Crippen molar-refractivity contribution in [2.24, 2.45) is 5.92 Å². The molecule has 1 aliphatic carbocycles. The summed E-state index contributed by atoms with van der Waals surface area (Å²) < 4.78 is 5.05. The van der Waals surface area contributed by atoms with Crippen LogP contribution in [-0.4, -0.2) is 33.0 Å². The quantitative estimate of drug-likeness (QED) is 0.864. The number of carbonyl (C=O) groups excluding carboxylic acids is 1. The first-order valence-corrected chi connectivity index (χ1v) is 6.70. The van der Waals surface area contributed by atoms with Gasteiger partial charge in [-0.25, -0.2) is 15.0 Å². The Morgan fingerprint density at radius 1 is 1.43 bits per heavy atom. The van der Waals surface area contributed by atoms with Crippen LogP contribution >= 0.6 is 11.6 Å². The summed E-state index contributed by atoms with van der Waals surface area (Å²) in [7, 11) is 1.54. The third-order valence-corrected chi connectivity index (χ3v) is 3.41. The van der Waals surface area contributed by atoms with Crippen molar-refractivity contribution in [1.29, 1.82) is 0 Å². The average molecular weight is 306 g/mol. The SMILES string of the molecule is COc1ccnc([C@@H]2C[C@H]2C(=O)Nc2cc(Cl)ncn2)n1. The van der Waals surface area contributed by atoms with E-state index in [2.05, 4.69) is 25.3 Å². The molecule has 1 amide bonds. The van der Waals surface area contributed by atoms with Crippen LogP contribution in [0, 0.1) is 5.92 Å². The van der Waals surface area contributed by atoms with Gasteiger partial charge in [0.2, 0.25) is 11.8 Å². The third kappa shape index (κ3) is 3.08. The van der Waals surface area contributed by atoms with Crippen LogP contribution in [0.5, 0.6) is 5.88 Å². The molecule has 0 aromatic carbocycles. The highest BCUT2D eigenvalue weighted by Gasteiger charge is 2.46. The first-order valence-electron chi connectivity index (χ1n) is 6.32. The maximum Gasteiger partial charge on any atom is 0.229 e. The third-order valence-electron chi connectivity index (χ3n) is 3.20. The molecule has 2 atom stereocenters. The lowest BCUT2D eigenvalue weighted by Crippen LogP contribution is -2.16. The minimum absolute atomic E-state index is 0.0115. The van der Waals surface area contributed by atoms with E-state index in [1.807, 2.05) is 0 Å². The van der Waals surface area contributed by atoms with Crippen molar-refractivity contribution in [2.75, 3.05) is 12.4 Å². The number of carbonyl (C=O) groups is 1. The average Bonchev–Trinajstić information content (AvgIpc) is 3.28. The molecule has 2 aromatic heterocycles. The van der Waals surface area contributed by atoms with Gasteiger partial charge in [-0.15, -0.1) is 0 Å². The van der Waals surface area contributed by atoms with Gasteiger partial charge in [0, 0.05) is 30.2 Å². The van der Waals surface area contributed by atoms with Crippen LogP contribution in [-0.2, 0) is 4.79 Å². The molecule has 0 spiro atoms. The van der Waals surface area contributed by atoms with Crippen LogP contribution in [0.4, 0.5) is 5.82 Å². The van der Waals surface area contributed by atoms with Crippen LogP contribution in [0.2, 0.25) is 5.15 Å². The number of aromatic nitrogens is 4. The predicted molar refractivity (Wildman–Crippen MR) is 75.1 cm³/mol. The van der Waals surface area contributed by atoms with E-state index in [0.29, 0.717) is 23.9 Å². The fourth-order valence-electron chi connectivity index (χ4n) is 2.04. The van der Waals surface area contributed by atoms with Gasteiger partial charge in [0.05, 0.1) is 7.11 Å².